The summed E-state index contributed by atoms with van der Waals surface area (Å²) in [7, 11) is -3.66. The highest BCUT2D eigenvalue weighted by Gasteiger charge is 2.31. The molecule has 1 amide bonds. The first kappa shape index (κ1) is 19.5. The second-order valence-electron chi connectivity index (χ2n) is 7.32. The number of aromatic nitrogens is 3. The Morgan fingerprint density at radius 2 is 2.00 bits per heavy atom. The first-order valence-corrected chi connectivity index (χ1v) is 11.0. The van der Waals surface area contributed by atoms with Crippen LogP contribution in [0.1, 0.15) is 42.1 Å². The highest BCUT2D eigenvalue weighted by atomic mass is 32.2. The smallest absolute Gasteiger partial charge is 0.257 e. The highest BCUT2D eigenvalue weighted by Crippen LogP contribution is 2.26. The van der Waals surface area contributed by atoms with E-state index in [9.17, 15) is 13.2 Å². The van der Waals surface area contributed by atoms with Crippen LogP contribution in [0.2, 0.25) is 0 Å². The molecule has 3 heterocycles. The van der Waals surface area contributed by atoms with Gasteiger partial charge in [0.1, 0.15) is 5.82 Å². The largest absolute Gasteiger partial charge is 0.306 e. The molecule has 0 bridgehead atoms. The number of hydrogen-bond acceptors (Lipinski definition) is 5. The average molecular weight is 414 g/mol. The Kier molecular flexibility index (Phi) is 5.10. The Labute approximate surface area is 169 Å². The van der Waals surface area contributed by atoms with Crippen molar-refractivity contribution in [3.8, 4) is 0 Å². The molecule has 1 aliphatic rings. The number of carbonyl (C=O) groups excluding carboxylic acids is 1. The molecule has 0 aliphatic carbocycles. The van der Waals surface area contributed by atoms with Crippen LogP contribution in [0.15, 0.2) is 47.6 Å². The molecule has 0 saturated carbocycles. The van der Waals surface area contributed by atoms with Crippen LogP contribution in [0.3, 0.4) is 0 Å². The predicted molar refractivity (Wildman–Crippen MR) is 109 cm³/mol. The number of aryl methyl sites for hydroxylation is 1. The summed E-state index contributed by atoms with van der Waals surface area (Å²) >= 11 is 0. The van der Waals surface area contributed by atoms with Crippen LogP contribution in [0.25, 0.3) is 5.65 Å². The summed E-state index contributed by atoms with van der Waals surface area (Å²) in [5.41, 5.74) is 1.61. The number of rotatable bonds is 4. The van der Waals surface area contributed by atoms with Crippen molar-refractivity contribution >= 4 is 27.4 Å². The Morgan fingerprint density at radius 3 is 2.79 bits per heavy atom. The molecule has 9 heteroatoms. The van der Waals surface area contributed by atoms with E-state index >= 15 is 0 Å². The van der Waals surface area contributed by atoms with Gasteiger partial charge in [0.05, 0.1) is 11.1 Å². The number of anilines is 1. The second-order valence-corrected chi connectivity index (χ2v) is 9.21. The van der Waals surface area contributed by atoms with E-state index < -0.39 is 15.9 Å². The molecule has 8 nitrogen and oxygen atoms in total. The van der Waals surface area contributed by atoms with E-state index in [1.165, 1.54) is 10.6 Å². The number of nitrogens with zero attached hydrogens (tertiary/aromatic N) is 4. The number of hydrogen-bond donors (Lipinski definition) is 1. The van der Waals surface area contributed by atoms with Crippen molar-refractivity contribution in [1.29, 1.82) is 0 Å². The number of benzene rings is 1. The lowest BCUT2D eigenvalue weighted by Gasteiger charge is -2.32. The van der Waals surface area contributed by atoms with E-state index in [1.54, 1.807) is 47.9 Å². The molecule has 0 spiro atoms. The van der Waals surface area contributed by atoms with Crippen molar-refractivity contribution < 1.29 is 13.2 Å². The zero-order chi connectivity index (χ0) is 20.6. The van der Waals surface area contributed by atoms with Crippen molar-refractivity contribution in [3.63, 3.8) is 0 Å². The quantitative estimate of drug-likeness (QED) is 0.709. The molecule has 1 saturated heterocycles. The summed E-state index contributed by atoms with van der Waals surface area (Å²) in [5, 5.41) is 6.96. The fraction of sp³-hybridized carbons (Fsp3) is 0.350. The first-order chi connectivity index (χ1) is 13.9. The SMILES string of the molecule is Cc1ccc(S(=O)(=O)N2CCCCC2C)cc1C(=O)Nc1ccnc2ccnn12. The number of amides is 1. The van der Waals surface area contributed by atoms with E-state index in [1.807, 2.05) is 6.92 Å². The average Bonchev–Trinajstić information content (AvgIpc) is 3.18. The normalized spacial score (nSPS) is 18.1. The molecule has 1 aliphatic heterocycles. The van der Waals surface area contributed by atoms with E-state index in [0.717, 1.165) is 19.3 Å². The summed E-state index contributed by atoms with van der Waals surface area (Å²) < 4.78 is 29.4. The minimum atomic E-state index is -3.66. The molecule has 1 atom stereocenters. The Morgan fingerprint density at radius 1 is 1.17 bits per heavy atom. The summed E-state index contributed by atoms with van der Waals surface area (Å²) in [6.45, 7) is 4.22. The molecule has 1 N–H and O–H groups in total. The molecular formula is C20H23N5O3S. The maximum absolute atomic E-state index is 13.2. The Hall–Kier alpha value is -2.78. The molecule has 1 fully saturated rings. The lowest BCUT2D eigenvalue weighted by atomic mass is 10.1. The molecule has 1 unspecified atom stereocenters. The van der Waals surface area contributed by atoms with Crippen LogP contribution in [-0.4, -0.2) is 45.8 Å². The topological polar surface area (TPSA) is 96.7 Å². The van der Waals surface area contributed by atoms with Gasteiger partial charge < -0.3 is 5.32 Å². The second kappa shape index (κ2) is 7.57. The zero-order valence-corrected chi connectivity index (χ0v) is 17.2. The van der Waals surface area contributed by atoms with E-state index in [2.05, 4.69) is 15.4 Å². The number of nitrogens with one attached hydrogen (secondary N) is 1. The molecular weight excluding hydrogens is 390 g/mol. The summed E-state index contributed by atoms with van der Waals surface area (Å²) in [5.74, 6) is 0.0663. The van der Waals surface area contributed by atoms with Crippen molar-refractivity contribution in [2.45, 2.75) is 44.0 Å². The molecule has 29 heavy (non-hydrogen) atoms. The Balaban J connectivity index is 1.66. The minimum Gasteiger partial charge on any atom is -0.306 e. The van der Waals surface area contributed by atoms with Crippen LogP contribution in [-0.2, 0) is 10.0 Å². The standard InChI is InChI=1S/C20H23N5O3S/c1-14-6-7-16(29(27,28)24-12-4-3-5-15(24)2)13-17(14)20(26)23-19-8-10-21-18-9-11-22-25(18)19/h6-11,13,15H,3-5,12H2,1-2H3,(H,23,26). The fourth-order valence-electron chi connectivity index (χ4n) is 3.68. The number of piperidine rings is 1. The van der Waals surface area contributed by atoms with Gasteiger partial charge in [-0.2, -0.15) is 13.9 Å². The lowest BCUT2D eigenvalue weighted by molar-refractivity contribution is 0.102. The maximum atomic E-state index is 13.2. The van der Waals surface area contributed by atoms with Crippen LogP contribution < -0.4 is 5.32 Å². The van der Waals surface area contributed by atoms with Gasteiger partial charge in [0.15, 0.2) is 5.65 Å². The molecule has 1 aromatic carbocycles. The van der Waals surface area contributed by atoms with Gasteiger partial charge in [-0.3, -0.25) is 4.79 Å². The molecule has 0 radical (unpaired) electrons. The van der Waals surface area contributed by atoms with E-state index in [4.69, 9.17) is 0 Å². The lowest BCUT2D eigenvalue weighted by Crippen LogP contribution is -2.42. The van der Waals surface area contributed by atoms with Gasteiger partial charge in [0.25, 0.3) is 5.91 Å². The van der Waals surface area contributed by atoms with Crippen LogP contribution in [0.4, 0.5) is 5.82 Å². The van der Waals surface area contributed by atoms with E-state index in [-0.39, 0.29) is 10.9 Å². The van der Waals surface area contributed by atoms with Gasteiger partial charge in [-0.25, -0.2) is 13.4 Å². The molecule has 2 aromatic heterocycles. The minimum absolute atomic E-state index is 0.0442. The third-order valence-electron chi connectivity index (χ3n) is 5.33. The van der Waals surface area contributed by atoms with Crippen molar-refractivity contribution in [2.75, 3.05) is 11.9 Å². The fourth-order valence-corrected chi connectivity index (χ4v) is 5.41. The third kappa shape index (κ3) is 3.63. The van der Waals surface area contributed by atoms with Gasteiger partial charge in [0, 0.05) is 30.4 Å². The Bertz CT molecular complexity index is 1170. The summed E-state index contributed by atoms with van der Waals surface area (Å²) in [6.07, 6.45) is 5.90. The van der Waals surface area contributed by atoms with Gasteiger partial charge in [-0.1, -0.05) is 12.5 Å². The van der Waals surface area contributed by atoms with Crippen molar-refractivity contribution in [2.24, 2.45) is 0 Å². The molecule has 152 valence electrons. The maximum Gasteiger partial charge on any atom is 0.257 e. The van der Waals surface area contributed by atoms with Gasteiger partial charge in [0.2, 0.25) is 10.0 Å². The van der Waals surface area contributed by atoms with Crippen molar-refractivity contribution in [1.82, 2.24) is 18.9 Å². The van der Waals surface area contributed by atoms with Gasteiger partial charge in [-0.15, -0.1) is 0 Å². The monoisotopic (exact) mass is 413 g/mol. The number of fused-ring (bicyclic) bond motifs is 1. The van der Waals surface area contributed by atoms with Gasteiger partial charge >= 0.3 is 0 Å². The number of sulfonamides is 1. The predicted octanol–water partition coefficient (Wildman–Crippen LogP) is 2.85. The van der Waals surface area contributed by atoms with E-state index in [0.29, 0.717) is 29.1 Å². The van der Waals surface area contributed by atoms with Crippen molar-refractivity contribution in [3.05, 3.63) is 53.9 Å². The summed E-state index contributed by atoms with van der Waals surface area (Å²) in [6, 6.07) is 8.03. The third-order valence-corrected chi connectivity index (χ3v) is 7.34. The van der Waals surface area contributed by atoms with Crippen LogP contribution >= 0.6 is 0 Å². The zero-order valence-electron chi connectivity index (χ0n) is 16.4. The first-order valence-electron chi connectivity index (χ1n) is 9.60. The van der Waals surface area contributed by atoms with Gasteiger partial charge in [-0.05, 0) is 50.5 Å². The molecule has 3 aromatic rings. The highest BCUT2D eigenvalue weighted by molar-refractivity contribution is 7.89. The number of carbonyl (C=O) groups is 1. The van der Waals surface area contributed by atoms with Crippen LogP contribution in [0.5, 0.6) is 0 Å². The van der Waals surface area contributed by atoms with Crippen LogP contribution in [0, 0.1) is 6.92 Å². The summed E-state index contributed by atoms with van der Waals surface area (Å²) in [4.78, 5) is 17.2. The molecule has 4 rings (SSSR count).